The molecule has 0 saturated carbocycles. The maximum atomic E-state index is 11.4. The quantitative estimate of drug-likeness (QED) is 0.0499. The Labute approximate surface area is 251 Å². The van der Waals surface area contributed by atoms with Crippen LogP contribution < -0.4 is 58.7 Å². The molecule has 0 bridgehead atoms. The summed E-state index contributed by atoms with van der Waals surface area (Å²) in [5, 5.41) is 0. The Kier molecular flexibility index (Phi) is 19.8. The van der Waals surface area contributed by atoms with Crippen LogP contribution in [0.3, 0.4) is 0 Å². The second-order valence-corrected chi connectivity index (χ2v) is 19.1. The van der Waals surface area contributed by atoms with Crippen LogP contribution in [0, 0.1) is 0 Å². The third-order valence-electron chi connectivity index (χ3n) is 5.12. The molecule has 43 heavy (non-hydrogen) atoms. The third kappa shape index (κ3) is 30.8. The molecule has 0 amide bonds. The van der Waals surface area contributed by atoms with Crippen LogP contribution in [0.2, 0.25) is 0 Å². The van der Waals surface area contributed by atoms with Gasteiger partial charge in [-0.25, -0.2) is 39.2 Å². The van der Waals surface area contributed by atoms with Gasteiger partial charge in [-0.3, -0.25) is 9.80 Å². The van der Waals surface area contributed by atoms with Crippen LogP contribution >= 0.6 is 47.7 Å². The maximum absolute atomic E-state index is 11.4. The molecular weight excluding hydrogens is 710 g/mol. The summed E-state index contributed by atoms with van der Waals surface area (Å²) < 4.78 is 0. The summed E-state index contributed by atoms with van der Waals surface area (Å²) in [5.41, 5.74) is 0. The fourth-order valence-corrected chi connectivity index (χ4v) is 8.83. The predicted molar refractivity (Wildman–Crippen MR) is 134 cm³/mol. The highest BCUT2D eigenvalue weighted by molar-refractivity contribution is 7.58. The molecule has 260 valence electrons. The third-order valence-corrected chi connectivity index (χ3v) is 9.66. The summed E-state index contributed by atoms with van der Waals surface area (Å²) in [6.45, 7) is -1.55. The SMILES string of the molecule is [O-][P+]([O-])([O-])CN(CCCN(CCCN(C[P+]([O-])(O)O)C[P+]([O-])(O)O)C[P+]([O-])([O-])[O-])CCCN(C[P+]([O-])([O-])[O-])C[P+]([O-])(O)O. The molecule has 0 aromatic carbocycles. The van der Waals surface area contributed by atoms with Gasteiger partial charge in [-0.2, -0.15) is 0 Å². The van der Waals surface area contributed by atoms with E-state index in [2.05, 4.69) is 0 Å². The summed E-state index contributed by atoms with van der Waals surface area (Å²) >= 11 is 0. The lowest BCUT2D eigenvalue weighted by Crippen LogP contribution is -2.45. The van der Waals surface area contributed by atoms with E-state index in [9.17, 15) is 58.7 Å². The van der Waals surface area contributed by atoms with Crippen molar-refractivity contribution in [2.45, 2.75) is 19.3 Å². The van der Waals surface area contributed by atoms with E-state index in [1.165, 1.54) is 0 Å². The topological polar surface area (TPSA) is 411 Å². The first-order valence-electron chi connectivity index (χ1n) is 12.1. The molecule has 0 rings (SSSR count). The minimum absolute atomic E-state index is 0.0583. The second kappa shape index (κ2) is 19.0. The summed E-state index contributed by atoms with van der Waals surface area (Å²) in [6.07, 6.45) is -6.70. The van der Waals surface area contributed by atoms with E-state index in [1.807, 2.05) is 0 Å². The zero-order valence-corrected chi connectivity index (χ0v) is 28.0. The summed E-state index contributed by atoms with van der Waals surface area (Å²) in [5.74, 6) is 0. The lowest BCUT2D eigenvalue weighted by atomic mass is 10.3. The fourth-order valence-electron chi connectivity index (χ4n) is 3.95. The van der Waals surface area contributed by atoms with Gasteiger partial charge in [0.15, 0.2) is 18.9 Å². The Bertz CT molecular complexity index is 678. The molecule has 6 N–H and O–H groups in total. The largest absolute Gasteiger partial charge is 0.687 e. The fraction of sp³-hybridized carbons (Fsp3) is 1.00. The number of rotatable bonds is 24. The van der Waals surface area contributed by atoms with Crippen molar-refractivity contribution >= 4 is 47.7 Å². The zero-order chi connectivity index (χ0) is 33.9. The summed E-state index contributed by atoms with van der Waals surface area (Å²) in [7, 11) is -29.8. The van der Waals surface area contributed by atoms with Crippen LogP contribution in [0.5, 0.6) is 0 Å². The van der Waals surface area contributed by atoms with Crippen molar-refractivity contribution in [3.8, 4) is 0 Å². The molecule has 0 heterocycles. The molecule has 0 aromatic heterocycles. The monoisotopic (exact) mass is 746 g/mol. The molecule has 0 radical (unpaired) electrons. The van der Waals surface area contributed by atoms with Crippen molar-refractivity contribution in [3.05, 3.63) is 0 Å². The molecule has 0 saturated heterocycles. The molecule has 0 spiro atoms. The average Bonchev–Trinajstić information content (AvgIpc) is 2.66. The van der Waals surface area contributed by atoms with Crippen LogP contribution in [0.4, 0.5) is 0 Å². The molecular formula is C15H36N4O18P6-6. The van der Waals surface area contributed by atoms with Gasteiger partial charge in [0.2, 0.25) is 23.8 Å². The van der Waals surface area contributed by atoms with Gasteiger partial charge in [0.1, 0.15) is 0 Å². The molecule has 0 unspecified atom stereocenters. The van der Waals surface area contributed by atoms with Gasteiger partial charge in [-0.05, 0) is 19.3 Å². The Morgan fingerprint density at radius 3 is 0.698 bits per heavy atom. The van der Waals surface area contributed by atoms with E-state index in [1.54, 1.807) is 0 Å². The van der Waals surface area contributed by atoms with Gasteiger partial charge >= 0.3 is 0 Å². The van der Waals surface area contributed by atoms with Crippen molar-refractivity contribution in [1.29, 1.82) is 0 Å². The van der Waals surface area contributed by atoms with E-state index in [-0.39, 0.29) is 58.5 Å². The van der Waals surface area contributed by atoms with E-state index < -0.39 is 85.4 Å². The molecule has 0 aliphatic carbocycles. The highest BCUT2D eigenvalue weighted by Gasteiger charge is 2.31. The van der Waals surface area contributed by atoms with Crippen LogP contribution in [0.25, 0.3) is 0 Å². The number of hydrogen-bond acceptors (Lipinski definition) is 22. The van der Waals surface area contributed by atoms with E-state index in [4.69, 9.17) is 29.4 Å². The van der Waals surface area contributed by atoms with Gasteiger partial charge in [-0.15, -0.1) is 23.8 Å². The highest BCUT2D eigenvalue weighted by Crippen LogP contribution is 2.45. The van der Waals surface area contributed by atoms with E-state index in [0.717, 1.165) is 14.7 Å². The second-order valence-electron chi connectivity index (χ2n) is 9.76. The van der Waals surface area contributed by atoms with Gasteiger partial charge < -0.3 is 58.7 Å². The molecule has 0 aliphatic heterocycles. The minimum Gasteiger partial charge on any atom is -0.687 e. The molecule has 0 aromatic rings. The van der Waals surface area contributed by atoms with E-state index in [0.29, 0.717) is 4.90 Å². The molecule has 22 nitrogen and oxygen atoms in total. The first-order valence-corrected chi connectivity index (χ1v) is 22.7. The van der Waals surface area contributed by atoms with Crippen LogP contribution in [-0.2, 0) is 0 Å². The van der Waals surface area contributed by atoms with Crippen molar-refractivity contribution in [3.63, 3.8) is 0 Å². The number of hydrogen-bond donors (Lipinski definition) is 6. The van der Waals surface area contributed by atoms with Crippen LogP contribution in [0.1, 0.15) is 19.3 Å². The van der Waals surface area contributed by atoms with Crippen molar-refractivity contribution in [2.24, 2.45) is 0 Å². The van der Waals surface area contributed by atoms with Gasteiger partial charge in [0.25, 0.3) is 0 Å². The normalized spacial score (nSPS) is 14.7. The standard InChI is InChI=1S/C15H42N4O18P6/c20-38(21,22)10-16(6-2-8-18(12-40(26,27)28)13-41(29,30)31)4-1-5-17(11-39(23,24)25)7-3-9-19(14-42(32,33)34)15-43(35,36)37/h1-15H2,(H2,20,21,22)(H2,23,24,25)(H2,26,27,28)(H2,29,30,31)(H2,32,33,34)(H2,35,36,37)/p-6. The molecule has 0 aliphatic rings. The molecule has 28 heteroatoms. The summed E-state index contributed by atoms with van der Waals surface area (Å²) in [4.78, 5) is 193. The van der Waals surface area contributed by atoms with Crippen molar-refractivity contribution < 1.29 is 88.1 Å². The maximum Gasteiger partial charge on any atom is 0.244 e. The first kappa shape index (κ1) is 44.7. The van der Waals surface area contributed by atoms with Gasteiger partial charge in [0.05, 0.1) is 18.9 Å². The lowest BCUT2D eigenvalue weighted by molar-refractivity contribution is -0.431. The predicted octanol–water partition coefficient (Wildman–Crippen LogP) is -12.0. The minimum atomic E-state index is -5.22. The van der Waals surface area contributed by atoms with Crippen LogP contribution in [0.15, 0.2) is 0 Å². The van der Waals surface area contributed by atoms with E-state index >= 15 is 0 Å². The Morgan fingerprint density at radius 1 is 0.302 bits per heavy atom. The first-order chi connectivity index (χ1) is 19.0. The number of nitrogens with zero attached hydrogens (tertiary/aromatic N) is 4. The smallest absolute Gasteiger partial charge is 0.244 e. The van der Waals surface area contributed by atoms with Gasteiger partial charge in [-0.1, -0.05) is 0 Å². The zero-order valence-electron chi connectivity index (χ0n) is 22.7. The van der Waals surface area contributed by atoms with Crippen LogP contribution in [-0.4, -0.2) is 126 Å². The Morgan fingerprint density at radius 2 is 0.488 bits per heavy atom. The lowest BCUT2D eigenvalue weighted by Gasteiger charge is -2.46. The summed E-state index contributed by atoms with van der Waals surface area (Å²) in [6, 6.07) is 0. The molecule has 0 atom stereocenters. The molecule has 0 fully saturated rings. The Hall–Kier alpha value is 1.70. The Balaban J connectivity index is 5.26. The van der Waals surface area contributed by atoms with Gasteiger partial charge in [0, 0.05) is 39.3 Å². The highest BCUT2D eigenvalue weighted by atomic mass is 31.2. The van der Waals surface area contributed by atoms with Crippen molar-refractivity contribution in [1.82, 2.24) is 19.6 Å². The average molecular weight is 746 g/mol. The van der Waals surface area contributed by atoms with Crippen molar-refractivity contribution in [2.75, 3.05) is 77.0 Å².